The van der Waals surface area contributed by atoms with Crippen LogP contribution in [0, 0.1) is 0 Å². The fourth-order valence-electron chi connectivity index (χ4n) is 2.21. The molecule has 0 saturated heterocycles. The molecule has 1 aromatic heterocycles. The normalized spacial score (nSPS) is 14.0. The van der Waals surface area contributed by atoms with E-state index >= 15 is 0 Å². The van der Waals surface area contributed by atoms with Crippen molar-refractivity contribution in [3.63, 3.8) is 0 Å². The number of thiazole rings is 1. The molecule has 0 unspecified atom stereocenters. The van der Waals surface area contributed by atoms with Crippen LogP contribution >= 0.6 is 11.3 Å². The molecule has 4 nitrogen and oxygen atoms in total. The van der Waals surface area contributed by atoms with Crippen LogP contribution < -0.4 is 4.72 Å². The Hall–Kier alpha value is -1.24. The van der Waals surface area contributed by atoms with Crippen molar-refractivity contribution in [2.75, 3.05) is 5.75 Å². The summed E-state index contributed by atoms with van der Waals surface area (Å²) in [5.74, 6) is 0.00188. The van der Waals surface area contributed by atoms with Crippen molar-refractivity contribution in [2.24, 2.45) is 0 Å². The molecule has 1 atom stereocenters. The summed E-state index contributed by atoms with van der Waals surface area (Å²) in [7, 11) is -3.40. The van der Waals surface area contributed by atoms with E-state index in [4.69, 9.17) is 0 Å². The summed E-state index contributed by atoms with van der Waals surface area (Å²) in [6.07, 6.45) is 1.68. The Labute approximate surface area is 130 Å². The summed E-state index contributed by atoms with van der Waals surface area (Å²) in [6.45, 7) is 5.58. The predicted octanol–water partition coefficient (Wildman–Crippen LogP) is 3.10. The minimum atomic E-state index is -3.40. The number of hydrogen-bond donors (Lipinski definition) is 1. The largest absolute Gasteiger partial charge is 0.248 e. The van der Waals surface area contributed by atoms with Gasteiger partial charge in [-0.3, -0.25) is 0 Å². The molecule has 0 aliphatic carbocycles. The fourth-order valence-corrected chi connectivity index (χ4v) is 4.80. The van der Waals surface area contributed by atoms with E-state index in [1.807, 2.05) is 56.5 Å². The third kappa shape index (κ3) is 4.36. The first-order valence-electron chi connectivity index (χ1n) is 6.77. The minimum Gasteiger partial charge on any atom is -0.248 e. The van der Waals surface area contributed by atoms with E-state index in [2.05, 4.69) is 9.71 Å². The highest BCUT2D eigenvalue weighted by atomic mass is 32.2. The first kappa shape index (κ1) is 16.1. The summed E-state index contributed by atoms with van der Waals surface area (Å²) in [5, 5.41) is 2.61. The molecule has 0 spiro atoms. The van der Waals surface area contributed by atoms with Crippen LogP contribution in [0.15, 0.2) is 41.9 Å². The van der Waals surface area contributed by atoms with Gasteiger partial charge in [0.05, 0.1) is 11.3 Å². The molecule has 0 amide bonds. The minimum absolute atomic E-state index is 0.0594. The molecule has 1 heterocycles. The van der Waals surface area contributed by atoms with E-state index in [-0.39, 0.29) is 11.7 Å². The number of nitrogens with one attached hydrogen (secondary N) is 1. The van der Waals surface area contributed by atoms with E-state index in [1.54, 1.807) is 6.20 Å². The molecule has 6 heteroatoms. The highest BCUT2D eigenvalue weighted by Gasteiger charge is 2.30. The van der Waals surface area contributed by atoms with Crippen LogP contribution in [0.5, 0.6) is 0 Å². The van der Waals surface area contributed by atoms with Crippen molar-refractivity contribution in [1.82, 2.24) is 9.71 Å². The molecule has 21 heavy (non-hydrogen) atoms. The third-order valence-corrected chi connectivity index (χ3v) is 6.07. The van der Waals surface area contributed by atoms with Gasteiger partial charge in [0.25, 0.3) is 0 Å². The second kappa shape index (κ2) is 6.25. The van der Waals surface area contributed by atoms with E-state index < -0.39 is 15.6 Å². The monoisotopic (exact) mass is 324 g/mol. The summed E-state index contributed by atoms with van der Waals surface area (Å²) < 4.78 is 27.5. The van der Waals surface area contributed by atoms with Crippen molar-refractivity contribution in [2.45, 2.75) is 32.2 Å². The Morgan fingerprint density at radius 2 is 1.95 bits per heavy atom. The van der Waals surface area contributed by atoms with Crippen LogP contribution in [0.25, 0.3) is 0 Å². The lowest BCUT2D eigenvalue weighted by atomic mass is 10.0. The van der Waals surface area contributed by atoms with Crippen LogP contribution in [0.2, 0.25) is 0 Å². The van der Waals surface area contributed by atoms with Crippen molar-refractivity contribution >= 4 is 21.4 Å². The SMILES string of the molecule is C[C@H](CS(=O)(=O)NC(C)(C)c1nccs1)c1ccccc1. The Balaban J connectivity index is 2.09. The molecule has 114 valence electrons. The quantitative estimate of drug-likeness (QED) is 0.888. The van der Waals surface area contributed by atoms with Gasteiger partial charge in [0.2, 0.25) is 10.0 Å². The smallest absolute Gasteiger partial charge is 0.213 e. The standard InChI is InChI=1S/C15H20N2O2S2/c1-12(13-7-5-4-6-8-13)11-21(18,19)17-15(2,3)14-16-9-10-20-14/h4-10,12,17H,11H2,1-3H3/t12-/m1/s1. The highest BCUT2D eigenvalue weighted by molar-refractivity contribution is 7.89. The van der Waals surface area contributed by atoms with Gasteiger partial charge in [0, 0.05) is 11.6 Å². The van der Waals surface area contributed by atoms with Gasteiger partial charge >= 0.3 is 0 Å². The van der Waals surface area contributed by atoms with E-state index in [1.165, 1.54) is 11.3 Å². The summed E-state index contributed by atoms with van der Waals surface area (Å²) >= 11 is 1.45. The van der Waals surface area contributed by atoms with E-state index in [0.717, 1.165) is 10.6 Å². The maximum atomic E-state index is 12.4. The van der Waals surface area contributed by atoms with Gasteiger partial charge in [0.15, 0.2) is 0 Å². The lowest BCUT2D eigenvalue weighted by Gasteiger charge is -2.24. The Morgan fingerprint density at radius 3 is 2.52 bits per heavy atom. The zero-order valence-electron chi connectivity index (χ0n) is 12.4. The first-order chi connectivity index (χ1) is 9.80. The van der Waals surface area contributed by atoms with E-state index in [9.17, 15) is 8.42 Å². The van der Waals surface area contributed by atoms with Crippen LogP contribution in [-0.2, 0) is 15.6 Å². The predicted molar refractivity (Wildman–Crippen MR) is 86.9 cm³/mol. The first-order valence-corrected chi connectivity index (χ1v) is 9.30. The Bertz CT molecular complexity index is 665. The zero-order chi connectivity index (χ0) is 15.5. The number of nitrogens with zero attached hydrogens (tertiary/aromatic N) is 1. The van der Waals surface area contributed by atoms with Crippen LogP contribution in [-0.4, -0.2) is 19.2 Å². The molecule has 1 N–H and O–H groups in total. The lowest BCUT2D eigenvalue weighted by Crippen LogP contribution is -2.42. The highest BCUT2D eigenvalue weighted by Crippen LogP contribution is 2.24. The van der Waals surface area contributed by atoms with Crippen LogP contribution in [0.3, 0.4) is 0 Å². The molecule has 2 aromatic rings. The molecular formula is C15H20N2O2S2. The second-order valence-corrected chi connectivity index (χ2v) is 8.32. The van der Waals surface area contributed by atoms with Gasteiger partial charge in [-0.15, -0.1) is 11.3 Å². The average molecular weight is 324 g/mol. The summed E-state index contributed by atoms with van der Waals surface area (Å²) in [6, 6.07) is 9.67. The summed E-state index contributed by atoms with van der Waals surface area (Å²) in [5.41, 5.74) is 0.332. The van der Waals surface area contributed by atoms with Crippen molar-refractivity contribution in [3.05, 3.63) is 52.5 Å². The van der Waals surface area contributed by atoms with Gasteiger partial charge in [-0.2, -0.15) is 0 Å². The molecule has 2 rings (SSSR count). The molecule has 0 aliphatic heterocycles. The Morgan fingerprint density at radius 1 is 1.29 bits per heavy atom. The lowest BCUT2D eigenvalue weighted by molar-refractivity contribution is 0.468. The van der Waals surface area contributed by atoms with Gasteiger partial charge in [-0.25, -0.2) is 18.1 Å². The molecule has 0 bridgehead atoms. The van der Waals surface area contributed by atoms with Gasteiger partial charge in [-0.05, 0) is 25.3 Å². The number of hydrogen-bond acceptors (Lipinski definition) is 4. The number of benzene rings is 1. The zero-order valence-corrected chi connectivity index (χ0v) is 14.0. The number of sulfonamides is 1. The van der Waals surface area contributed by atoms with Crippen LogP contribution in [0.4, 0.5) is 0 Å². The fraction of sp³-hybridized carbons (Fsp3) is 0.400. The van der Waals surface area contributed by atoms with Crippen molar-refractivity contribution < 1.29 is 8.42 Å². The molecule has 0 saturated carbocycles. The van der Waals surface area contributed by atoms with E-state index in [0.29, 0.717) is 0 Å². The van der Waals surface area contributed by atoms with Crippen LogP contribution in [0.1, 0.15) is 37.3 Å². The maximum absolute atomic E-state index is 12.4. The average Bonchev–Trinajstić information content (AvgIpc) is 2.92. The number of aromatic nitrogens is 1. The van der Waals surface area contributed by atoms with Gasteiger partial charge in [-0.1, -0.05) is 37.3 Å². The third-order valence-electron chi connectivity index (χ3n) is 3.22. The van der Waals surface area contributed by atoms with Crippen molar-refractivity contribution in [1.29, 1.82) is 0 Å². The molecule has 1 aromatic carbocycles. The molecular weight excluding hydrogens is 304 g/mol. The molecule has 0 radical (unpaired) electrons. The second-order valence-electron chi connectivity index (χ2n) is 5.66. The molecule has 0 fully saturated rings. The molecule has 0 aliphatic rings. The summed E-state index contributed by atoms with van der Waals surface area (Å²) in [4.78, 5) is 4.20. The maximum Gasteiger partial charge on any atom is 0.213 e. The van der Waals surface area contributed by atoms with Gasteiger partial charge < -0.3 is 0 Å². The van der Waals surface area contributed by atoms with Gasteiger partial charge in [0.1, 0.15) is 5.01 Å². The van der Waals surface area contributed by atoms with Crippen molar-refractivity contribution in [3.8, 4) is 0 Å². The number of rotatable bonds is 6. The topological polar surface area (TPSA) is 59.1 Å². The Kier molecular flexibility index (Phi) is 4.81.